The van der Waals surface area contributed by atoms with Crippen LogP contribution in [-0.2, 0) is 16.6 Å². The fraction of sp³-hybridized carbons (Fsp3) is 0.550. The lowest BCUT2D eigenvalue weighted by atomic mass is 9.90. The summed E-state index contributed by atoms with van der Waals surface area (Å²) in [5.41, 5.74) is 0.394. The normalized spacial score (nSPS) is 23.9. The van der Waals surface area contributed by atoms with Crippen LogP contribution in [-0.4, -0.2) is 82.1 Å². The van der Waals surface area contributed by atoms with E-state index in [1.54, 1.807) is 18.5 Å². The lowest BCUT2D eigenvalue weighted by Crippen LogP contribution is -2.60. The second kappa shape index (κ2) is 8.18. The highest BCUT2D eigenvalue weighted by Crippen LogP contribution is 2.27. The minimum Gasteiger partial charge on any atom is -0.387 e. The monoisotopic (exact) mass is 433 g/mol. The van der Waals surface area contributed by atoms with Gasteiger partial charge in [-0.2, -0.15) is 9.40 Å². The summed E-state index contributed by atoms with van der Waals surface area (Å²) < 4.78 is 26.5. The Morgan fingerprint density at radius 2 is 2.07 bits per heavy atom. The first-order valence-electron chi connectivity index (χ1n) is 10.1. The summed E-state index contributed by atoms with van der Waals surface area (Å²) in [5, 5.41) is 15.4. The Labute approximate surface area is 176 Å². The number of pyridine rings is 1. The number of sulfonamides is 1. The molecule has 10 heteroatoms. The van der Waals surface area contributed by atoms with E-state index < -0.39 is 15.6 Å². The molecule has 0 bridgehead atoms. The zero-order valence-electron chi connectivity index (χ0n) is 17.0. The summed E-state index contributed by atoms with van der Waals surface area (Å²) in [7, 11) is -3.30. The predicted molar refractivity (Wildman–Crippen MR) is 112 cm³/mol. The van der Waals surface area contributed by atoms with Crippen molar-refractivity contribution in [3.63, 3.8) is 0 Å². The molecule has 0 radical (unpaired) electrons. The molecule has 162 valence electrons. The van der Waals surface area contributed by atoms with Crippen LogP contribution in [0, 0.1) is 5.92 Å². The fourth-order valence-electron chi connectivity index (χ4n) is 4.31. The van der Waals surface area contributed by atoms with E-state index in [1.807, 2.05) is 12.1 Å². The zero-order valence-corrected chi connectivity index (χ0v) is 17.8. The van der Waals surface area contributed by atoms with Gasteiger partial charge in [-0.1, -0.05) is 0 Å². The molecule has 0 aliphatic carbocycles. The third kappa shape index (κ3) is 4.77. The van der Waals surface area contributed by atoms with E-state index in [9.17, 15) is 18.3 Å². The molecule has 2 aromatic rings. The number of nitrogens with zero attached hydrogens (tertiary/aromatic N) is 5. The van der Waals surface area contributed by atoms with E-state index in [0.717, 1.165) is 18.7 Å². The van der Waals surface area contributed by atoms with Crippen LogP contribution in [0.3, 0.4) is 0 Å². The Morgan fingerprint density at radius 1 is 1.27 bits per heavy atom. The molecule has 4 heterocycles. The van der Waals surface area contributed by atoms with E-state index in [2.05, 4.69) is 15.0 Å². The summed E-state index contributed by atoms with van der Waals surface area (Å²) in [5.74, 6) is 0.262. The number of β-amino-alcohol motifs (C(OH)–C–C–N with tert-alkyl or cyclic N) is 1. The van der Waals surface area contributed by atoms with Crippen LogP contribution in [0.1, 0.15) is 12.8 Å². The van der Waals surface area contributed by atoms with E-state index in [-0.39, 0.29) is 18.0 Å². The van der Waals surface area contributed by atoms with Crippen LogP contribution in [0.15, 0.2) is 41.5 Å². The topological polar surface area (TPSA) is 109 Å². The molecule has 1 N–H and O–H groups in total. The Morgan fingerprint density at radius 3 is 2.77 bits per heavy atom. The standard InChI is InChI=1S/C20H27N5O4S/c1-30(28,29)24-9-3-7-20(27,15-24)14-23-11-16(12-23)13-25-19(26)6-5-18(22-25)17-4-2-8-21-10-17/h2,4-6,8,10,16,27H,3,7,9,11-15H2,1H3. The van der Waals surface area contributed by atoms with Crippen molar-refractivity contribution < 1.29 is 13.5 Å². The summed E-state index contributed by atoms with van der Waals surface area (Å²) >= 11 is 0. The molecule has 9 nitrogen and oxygen atoms in total. The van der Waals surface area contributed by atoms with Gasteiger partial charge in [0.05, 0.1) is 24.1 Å². The number of aromatic nitrogens is 3. The maximum Gasteiger partial charge on any atom is 0.266 e. The van der Waals surface area contributed by atoms with E-state index in [4.69, 9.17) is 0 Å². The number of aliphatic hydroxyl groups is 1. The molecular formula is C20H27N5O4S. The quantitative estimate of drug-likeness (QED) is 0.684. The first-order chi connectivity index (χ1) is 14.2. The largest absolute Gasteiger partial charge is 0.387 e. The number of hydrogen-bond donors (Lipinski definition) is 1. The molecule has 1 unspecified atom stereocenters. The molecule has 0 spiro atoms. The molecule has 4 rings (SSSR count). The molecular weight excluding hydrogens is 406 g/mol. The average Bonchev–Trinajstić information content (AvgIpc) is 2.68. The minimum atomic E-state index is -3.30. The average molecular weight is 434 g/mol. The van der Waals surface area contributed by atoms with Gasteiger partial charge in [0, 0.05) is 62.7 Å². The SMILES string of the molecule is CS(=O)(=O)N1CCCC(O)(CN2CC(Cn3nc(-c4cccnc4)ccc3=O)C2)C1. The highest BCUT2D eigenvalue weighted by Gasteiger charge is 2.40. The van der Waals surface area contributed by atoms with Crippen molar-refractivity contribution in [3.05, 3.63) is 47.0 Å². The Kier molecular flexibility index (Phi) is 5.75. The molecule has 2 aliphatic heterocycles. The molecule has 1 atom stereocenters. The van der Waals surface area contributed by atoms with Gasteiger partial charge in [-0.25, -0.2) is 13.1 Å². The highest BCUT2D eigenvalue weighted by atomic mass is 32.2. The third-order valence-corrected chi connectivity index (χ3v) is 7.04. The number of hydrogen-bond acceptors (Lipinski definition) is 7. The highest BCUT2D eigenvalue weighted by molar-refractivity contribution is 7.88. The van der Waals surface area contributed by atoms with Gasteiger partial charge in [-0.15, -0.1) is 0 Å². The molecule has 0 amide bonds. The first kappa shape index (κ1) is 21.1. The number of rotatable bonds is 6. The lowest BCUT2D eigenvalue weighted by molar-refractivity contribution is -0.0612. The van der Waals surface area contributed by atoms with Crippen molar-refractivity contribution in [3.8, 4) is 11.3 Å². The molecule has 2 aromatic heterocycles. The van der Waals surface area contributed by atoms with Gasteiger partial charge < -0.3 is 5.11 Å². The van der Waals surface area contributed by atoms with Crippen molar-refractivity contribution in [1.29, 1.82) is 0 Å². The van der Waals surface area contributed by atoms with Crippen LogP contribution in [0.5, 0.6) is 0 Å². The molecule has 0 saturated carbocycles. The third-order valence-electron chi connectivity index (χ3n) is 5.80. The number of piperidine rings is 1. The van der Waals surface area contributed by atoms with Crippen LogP contribution in [0.25, 0.3) is 11.3 Å². The Hall–Kier alpha value is -2.14. The van der Waals surface area contributed by atoms with Crippen LogP contribution < -0.4 is 5.56 Å². The molecule has 0 aromatic carbocycles. The van der Waals surface area contributed by atoms with Crippen LogP contribution in [0.4, 0.5) is 0 Å². The van der Waals surface area contributed by atoms with Gasteiger partial charge in [0.2, 0.25) is 10.0 Å². The summed E-state index contributed by atoms with van der Waals surface area (Å²) in [6.45, 7) is 3.04. The minimum absolute atomic E-state index is 0.140. The Bertz CT molecular complexity index is 1050. The predicted octanol–water partition coefficient (Wildman–Crippen LogP) is 0.0236. The Balaban J connectivity index is 1.35. The van der Waals surface area contributed by atoms with Gasteiger partial charge in [0.1, 0.15) is 0 Å². The van der Waals surface area contributed by atoms with Gasteiger partial charge >= 0.3 is 0 Å². The van der Waals surface area contributed by atoms with Crippen molar-refractivity contribution in [1.82, 2.24) is 24.0 Å². The second-order valence-corrected chi connectivity index (χ2v) is 10.4. The van der Waals surface area contributed by atoms with Gasteiger partial charge in [0.15, 0.2) is 0 Å². The van der Waals surface area contributed by atoms with Gasteiger partial charge in [-0.3, -0.25) is 14.7 Å². The van der Waals surface area contributed by atoms with Crippen molar-refractivity contribution >= 4 is 10.0 Å². The van der Waals surface area contributed by atoms with Crippen LogP contribution >= 0.6 is 0 Å². The molecule has 2 saturated heterocycles. The fourth-order valence-corrected chi connectivity index (χ4v) is 5.25. The van der Waals surface area contributed by atoms with E-state index >= 15 is 0 Å². The first-order valence-corrected chi connectivity index (χ1v) is 12.0. The van der Waals surface area contributed by atoms with Gasteiger partial charge in [-0.05, 0) is 31.0 Å². The molecule has 2 aliphatic rings. The van der Waals surface area contributed by atoms with Crippen molar-refractivity contribution in [2.75, 3.05) is 39.0 Å². The molecule has 2 fully saturated rings. The second-order valence-electron chi connectivity index (χ2n) is 8.47. The maximum absolute atomic E-state index is 12.2. The van der Waals surface area contributed by atoms with Gasteiger partial charge in [0.25, 0.3) is 5.56 Å². The number of likely N-dealkylation sites (tertiary alicyclic amines) is 1. The van der Waals surface area contributed by atoms with Crippen molar-refractivity contribution in [2.24, 2.45) is 5.92 Å². The molecule has 30 heavy (non-hydrogen) atoms. The van der Waals surface area contributed by atoms with Crippen LogP contribution in [0.2, 0.25) is 0 Å². The summed E-state index contributed by atoms with van der Waals surface area (Å²) in [6.07, 6.45) is 5.84. The van der Waals surface area contributed by atoms with E-state index in [0.29, 0.717) is 38.2 Å². The summed E-state index contributed by atoms with van der Waals surface area (Å²) in [4.78, 5) is 18.4. The lowest BCUT2D eigenvalue weighted by Gasteiger charge is -2.46. The summed E-state index contributed by atoms with van der Waals surface area (Å²) in [6, 6.07) is 6.96. The van der Waals surface area contributed by atoms with E-state index in [1.165, 1.54) is 21.3 Å². The maximum atomic E-state index is 12.2. The smallest absolute Gasteiger partial charge is 0.266 e. The van der Waals surface area contributed by atoms with Crippen molar-refractivity contribution in [2.45, 2.75) is 25.0 Å². The zero-order chi connectivity index (χ0) is 21.4.